The fourth-order valence-corrected chi connectivity index (χ4v) is 1.96. The first-order valence-electron chi connectivity index (χ1n) is 7.13. The lowest BCUT2D eigenvalue weighted by Gasteiger charge is -2.17. The molecule has 1 amide bonds. The van der Waals surface area contributed by atoms with Crippen molar-refractivity contribution in [3.8, 4) is 0 Å². The van der Waals surface area contributed by atoms with Gasteiger partial charge in [0, 0.05) is 12.4 Å². The van der Waals surface area contributed by atoms with E-state index in [0.717, 1.165) is 23.3 Å². The Morgan fingerprint density at radius 3 is 2.77 bits per heavy atom. The van der Waals surface area contributed by atoms with Crippen LogP contribution in [0.4, 0.5) is 10.7 Å². The Morgan fingerprint density at radius 2 is 2.09 bits per heavy atom. The van der Waals surface area contributed by atoms with Crippen LogP contribution in [0, 0.1) is 0 Å². The lowest BCUT2D eigenvalue weighted by Crippen LogP contribution is -2.30. The van der Waals surface area contributed by atoms with Gasteiger partial charge in [0.1, 0.15) is 0 Å². The van der Waals surface area contributed by atoms with Gasteiger partial charge in [-0.25, -0.2) is 19.7 Å². The van der Waals surface area contributed by atoms with Crippen LogP contribution in [-0.2, 0) is 6.54 Å². The van der Waals surface area contributed by atoms with Crippen LogP contribution in [0.1, 0.15) is 24.1 Å². The minimum atomic E-state index is -1.08. The molecule has 1 heterocycles. The third-order valence-corrected chi connectivity index (χ3v) is 3.28. The highest BCUT2D eigenvalue weighted by atomic mass is 16.4. The van der Waals surface area contributed by atoms with Gasteiger partial charge in [-0.15, -0.1) is 0 Å². The van der Waals surface area contributed by atoms with Crippen molar-refractivity contribution in [2.24, 2.45) is 4.99 Å². The Hall–Kier alpha value is -2.76. The number of anilines is 1. The monoisotopic (exact) mass is 296 g/mol. The molecule has 6 nitrogen and oxygen atoms in total. The first-order chi connectivity index (χ1) is 10.7. The molecule has 1 fully saturated rings. The van der Waals surface area contributed by atoms with Crippen LogP contribution in [0.25, 0.3) is 0 Å². The van der Waals surface area contributed by atoms with E-state index < -0.39 is 6.09 Å². The average molecular weight is 296 g/mol. The van der Waals surface area contributed by atoms with Crippen LogP contribution in [0.5, 0.6) is 0 Å². The van der Waals surface area contributed by atoms with Gasteiger partial charge in [0.25, 0.3) is 0 Å². The molecule has 0 unspecified atom stereocenters. The summed E-state index contributed by atoms with van der Waals surface area (Å²) in [5.41, 5.74) is 1.50. The maximum Gasteiger partial charge on any atom is 0.414 e. The number of benzene rings is 1. The first-order valence-corrected chi connectivity index (χ1v) is 7.13. The van der Waals surface area contributed by atoms with E-state index >= 15 is 0 Å². The molecule has 0 atom stereocenters. The number of aromatic nitrogens is 2. The summed E-state index contributed by atoms with van der Waals surface area (Å²) in [6, 6.07) is 11.5. The average Bonchev–Trinajstić information content (AvgIpc) is 3.36. The van der Waals surface area contributed by atoms with Crippen molar-refractivity contribution in [3.05, 3.63) is 53.9 Å². The van der Waals surface area contributed by atoms with Gasteiger partial charge in [0.05, 0.1) is 18.3 Å². The van der Waals surface area contributed by atoms with Gasteiger partial charge in [-0.1, -0.05) is 30.3 Å². The van der Waals surface area contributed by atoms with E-state index in [0.29, 0.717) is 11.7 Å². The largest absolute Gasteiger partial charge is 0.465 e. The molecule has 22 heavy (non-hydrogen) atoms. The fourth-order valence-electron chi connectivity index (χ4n) is 1.96. The van der Waals surface area contributed by atoms with Crippen LogP contribution < -0.4 is 4.90 Å². The second-order valence-corrected chi connectivity index (χ2v) is 5.15. The molecule has 3 rings (SSSR count). The van der Waals surface area contributed by atoms with Crippen molar-refractivity contribution in [2.75, 3.05) is 4.90 Å². The fraction of sp³-hybridized carbons (Fsp3) is 0.250. The second-order valence-electron chi connectivity index (χ2n) is 5.15. The highest BCUT2D eigenvalue weighted by Gasteiger charge is 2.20. The van der Waals surface area contributed by atoms with E-state index in [9.17, 15) is 9.90 Å². The van der Waals surface area contributed by atoms with E-state index in [-0.39, 0.29) is 12.5 Å². The van der Waals surface area contributed by atoms with E-state index in [2.05, 4.69) is 15.0 Å². The molecule has 1 aliphatic carbocycles. The molecule has 0 saturated heterocycles. The Labute approximate surface area is 128 Å². The molecule has 1 saturated carbocycles. The quantitative estimate of drug-likeness (QED) is 0.860. The Morgan fingerprint density at radius 1 is 1.32 bits per heavy atom. The Bertz CT molecular complexity index is 684. The molecular formula is C16H16N4O2. The number of aliphatic imine (C=N–C) groups is 1. The maximum absolute atomic E-state index is 11.5. The van der Waals surface area contributed by atoms with Crippen molar-refractivity contribution in [1.82, 2.24) is 9.97 Å². The van der Waals surface area contributed by atoms with Gasteiger partial charge in [-0.05, 0) is 24.5 Å². The molecule has 0 spiro atoms. The van der Waals surface area contributed by atoms with Crippen molar-refractivity contribution in [2.45, 2.75) is 25.4 Å². The van der Waals surface area contributed by atoms with Crippen molar-refractivity contribution >= 4 is 18.3 Å². The van der Waals surface area contributed by atoms with E-state index in [1.165, 1.54) is 0 Å². The molecule has 1 aromatic heterocycles. The van der Waals surface area contributed by atoms with E-state index in [1.54, 1.807) is 18.5 Å². The number of nitrogens with zero attached hydrogens (tertiary/aromatic N) is 4. The number of hydrogen-bond acceptors (Lipinski definition) is 4. The van der Waals surface area contributed by atoms with E-state index in [1.807, 2.05) is 30.3 Å². The second kappa shape index (κ2) is 6.34. The molecule has 1 N–H and O–H groups in total. The van der Waals surface area contributed by atoms with Gasteiger partial charge in [-0.2, -0.15) is 0 Å². The van der Waals surface area contributed by atoms with Crippen molar-refractivity contribution in [3.63, 3.8) is 0 Å². The summed E-state index contributed by atoms with van der Waals surface area (Å²) in [4.78, 5) is 25.3. The van der Waals surface area contributed by atoms with Crippen LogP contribution in [-0.4, -0.2) is 33.4 Å². The minimum Gasteiger partial charge on any atom is -0.465 e. The molecule has 0 aliphatic heterocycles. The van der Waals surface area contributed by atoms with E-state index in [4.69, 9.17) is 0 Å². The summed E-state index contributed by atoms with van der Waals surface area (Å²) in [6.45, 7) is 0.208. The number of carbonyl (C=O) groups is 1. The molecule has 1 aromatic carbocycles. The van der Waals surface area contributed by atoms with Gasteiger partial charge >= 0.3 is 6.09 Å². The molecule has 0 bridgehead atoms. The zero-order valence-corrected chi connectivity index (χ0v) is 12.0. The summed E-state index contributed by atoms with van der Waals surface area (Å²) in [6.07, 6.45) is 4.39. The van der Waals surface area contributed by atoms with Gasteiger partial charge in [-0.3, -0.25) is 4.99 Å². The molecule has 112 valence electrons. The highest BCUT2D eigenvalue weighted by molar-refractivity contribution is 5.84. The Balaban J connectivity index is 1.81. The predicted octanol–water partition coefficient (Wildman–Crippen LogP) is 2.74. The van der Waals surface area contributed by atoms with Crippen LogP contribution >= 0.6 is 0 Å². The molecule has 2 aromatic rings. The predicted molar refractivity (Wildman–Crippen MR) is 83.3 cm³/mol. The molecular weight excluding hydrogens is 280 g/mol. The maximum atomic E-state index is 11.5. The number of carboxylic acid groups (broad SMARTS) is 1. The third kappa shape index (κ3) is 3.66. The lowest BCUT2D eigenvalue weighted by molar-refractivity contribution is 0.201. The standard InChI is InChI=1S/C16H16N4O2/c21-16(22)20(11-12-4-2-1-3-5-12)15-17-9-8-14(19-15)10-18-13-6-7-13/h1-5,8-10,13H,6-7,11H2,(H,21,22)/b18-10+. The lowest BCUT2D eigenvalue weighted by atomic mass is 10.2. The smallest absolute Gasteiger partial charge is 0.414 e. The minimum absolute atomic E-state index is 0.163. The van der Waals surface area contributed by atoms with Gasteiger partial charge in [0.2, 0.25) is 5.95 Å². The van der Waals surface area contributed by atoms with Crippen LogP contribution in [0.15, 0.2) is 47.6 Å². The normalized spacial score (nSPS) is 14.2. The summed E-state index contributed by atoms with van der Waals surface area (Å²) in [5, 5.41) is 9.42. The van der Waals surface area contributed by atoms with Crippen LogP contribution in [0.2, 0.25) is 0 Å². The van der Waals surface area contributed by atoms with Crippen molar-refractivity contribution in [1.29, 1.82) is 0 Å². The summed E-state index contributed by atoms with van der Waals surface area (Å²) in [5.74, 6) is 0.163. The summed E-state index contributed by atoms with van der Waals surface area (Å²) < 4.78 is 0. The molecule has 6 heteroatoms. The van der Waals surface area contributed by atoms with Gasteiger partial charge in [0.15, 0.2) is 0 Å². The Kier molecular flexibility index (Phi) is 4.09. The topological polar surface area (TPSA) is 78.7 Å². The zero-order chi connectivity index (χ0) is 15.4. The number of hydrogen-bond donors (Lipinski definition) is 1. The SMILES string of the molecule is O=C(O)N(Cc1ccccc1)c1nccc(/C=N/C2CC2)n1. The van der Waals surface area contributed by atoms with Crippen molar-refractivity contribution < 1.29 is 9.90 Å². The highest BCUT2D eigenvalue weighted by Crippen LogP contribution is 2.23. The zero-order valence-electron chi connectivity index (χ0n) is 12.0. The molecule has 0 radical (unpaired) electrons. The van der Waals surface area contributed by atoms with Crippen LogP contribution in [0.3, 0.4) is 0 Å². The van der Waals surface area contributed by atoms with Gasteiger partial charge < -0.3 is 5.11 Å². The number of rotatable bonds is 5. The third-order valence-electron chi connectivity index (χ3n) is 3.28. The molecule has 1 aliphatic rings. The summed E-state index contributed by atoms with van der Waals surface area (Å²) in [7, 11) is 0. The first kappa shape index (κ1) is 14.2. The summed E-state index contributed by atoms with van der Waals surface area (Å²) >= 11 is 0. The number of amides is 1.